The third kappa shape index (κ3) is 4.70. The Morgan fingerprint density at radius 1 is 0.558 bits per heavy atom. The molecule has 248 valence electrons. The molecule has 0 bridgehead atoms. The van der Waals surface area contributed by atoms with Gasteiger partial charge < -0.3 is 14.2 Å². The lowest BCUT2D eigenvalue weighted by atomic mass is 9.82. The van der Waals surface area contributed by atoms with Gasteiger partial charge in [-0.05, 0) is 63.0 Å². The van der Waals surface area contributed by atoms with Crippen molar-refractivity contribution >= 4 is 65.9 Å². The van der Waals surface area contributed by atoms with Crippen molar-refractivity contribution in [2.45, 2.75) is 18.8 Å². The SMILES string of the molecule is C1=C(c2ccc3ccccc3c2)c2c(oc3ccccc23)CC1C1NC(c2ccc3ccccc3c2)=NC(c2cccc3oc4ccccc4c23)N1. The van der Waals surface area contributed by atoms with E-state index in [-0.39, 0.29) is 18.2 Å². The van der Waals surface area contributed by atoms with Gasteiger partial charge >= 0.3 is 0 Å². The number of rotatable bonds is 4. The zero-order valence-corrected chi connectivity index (χ0v) is 28.2. The van der Waals surface area contributed by atoms with E-state index >= 15 is 0 Å². The van der Waals surface area contributed by atoms with Gasteiger partial charge in [-0.3, -0.25) is 5.32 Å². The van der Waals surface area contributed by atoms with Crippen LogP contribution in [-0.2, 0) is 6.42 Å². The van der Waals surface area contributed by atoms with E-state index < -0.39 is 0 Å². The summed E-state index contributed by atoms with van der Waals surface area (Å²) in [6.45, 7) is 0. The Bertz CT molecular complexity index is 2930. The Morgan fingerprint density at radius 2 is 1.19 bits per heavy atom. The van der Waals surface area contributed by atoms with Gasteiger partial charge in [0, 0.05) is 45.2 Å². The molecule has 3 unspecified atom stereocenters. The second-order valence-electron chi connectivity index (χ2n) is 14.0. The summed E-state index contributed by atoms with van der Waals surface area (Å²) < 4.78 is 13.0. The van der Waals surface area contributed by atoms with Crippen LogP contribution in [0.15, 0.2) is 172 Å². The van der Waals surface area contributed by atoms with Crippen LogP contribution in [0.1, 0.15) is 34.2 Å². The topological polar surface area (TPSA) is 62.7 Å². The molecule has 5 heteroatoms. The number of para-hydroxylation sites is 2. The molecule has 2 aliphatic rings. The molecule has 9 aromatic rings. The van der Waals surface area contributed by atoms with Gasteiger partial charge in [-0.1, -0.05) is 127 Å². The highest BCUT2D eigenvalue weighted by Crippen LogP contribution is 2.43. The molecule has 52 heavy (non-hydrogen) atoms. The fraction of sp³-hybridized carbons (Fsp3) is 0.0851. The van der Waals surface area contributed by atoms with Gasteiger partial charge in [0.15, 0.2) is 0 Å². The van der Waals surface area contributed by atoms with Gasteiger partial charge in [-0.25, -0.2) is 4.99 Å². The Balaban J connectivity index is 1.08. The second-order valence-corrected chi connectivity index (χ2v) is 14.0. The van der Waals surface area contributed by atoms with Crippen molar-refractivity contribution < 1.29 is 8.83 Å². The summed E-state index contributed by atoms with van der Waals surface area (Å²) in [6.07, 6.45) is 2.71. The average Bonchev–Trinajstić information content (AvgIpc) is 3.78. The highest BCUT2D eigenvalue weighted by Gasteiger charge is 2.35. The summed E-state index contributed by atoms with van der Waals surface area (Å²) in [4.78, 5) is 5.41. The Labute approximate surface area is 299 Å². The number of nitrogens with one attached hydrogen (secondary N) is 2. The molecule has 0 fully saturated rings. The largest absolute Gasteiger partial charge is 0.460 e. The molecule has 0 saturated heterocycles. The van der Waals surface area contributed by atoms with Gasteiger partial charge in [0.25, 0.3) is 0 Å². The maximum absolute atomic E-state index is 6.68. The number of benzene rings is 7. The monoisotopic (exact) mass is 671 g/mol. The fourth-order valence-electron chi connectivity index (χ4n) is 8.39. The number of nitrogens with zero attached hydrogens (tertiary/aromatic N) is 1. The van der Waals surface area contributed by atoms with Crippen molar-refractivity contribution in [3.05, 3.63) is 186 Å². The third-order valence-corrected chi connectivity index (χ3v) is 10.9. The molecule has 2 aromatic heterocycles. The van der Waals surface area contributed by atoms with Crippen molar-refractivity contribution in [2.24, 2.45) is 10.9 Å². The number of hydrogen-bond donors (Lipinski definition) is 2. The van der Waals surface area contributed by atoms with Crippen molar-refractivity contribution in [2.75, 3.05) is 0 Å². The molecule has 0 radical (unpaired) electrons. The lowest BCUT2D eigenvalue weighted by molar-refractivity contribution is 0.315. The Kier molecular flexibility index (Phi) is 6.51. The molecular weight excluding hydrogens is 639 g/mol. The lowest BCUT2D eigenvalue weighted by Crippen LogP contribution is -2.55. The van der Waals surface area contributed by atoms with Crippen molar-refractivity contribution in [1.82, 2.24) is 10.6 Å². The highest BCUT2D eigenvalue weighted by molar-refractivity contribution is 6.08. The number of hydrogen-bond acceptors (Lipinski definition) is 5. The molecular formula is C47H33N3O2. The third-order valence-electron chi connectivity index (χ3n) is 10.9. The van der Waals surface area contributed by atoms with Crippen LogP contribution in [0.3, 0.4) is 0 Å². The zero-order valence-electron chi connectivity index (χ0n) is 28.2. The fourth-order valence-corrected chi connectivity index (χ4v) is 8.39. The molecule has 5 nitrogen and oxygen atoms in total. The maximum atomic E-state index is 6.68. The minimum Gasteiger partial charge on any atom is -0.460 e. The standard InChI is InChI=1S/C47H33N3O2/c1-3-12-30-24-32(22-20-28(30)10-1)38-26-34(27-42-44(38)36-15-6-8-18-40(36)52-42)46-48-45(33-23-21-29-11-2-4-13-31(29)25-33)49-47(50-46)37-16-9-19-41-43(37)35-14-5-7-17-39(35)51-41/h1-26,34,46-47,50H,27H2,(H,48,49). The van der Waals surface area contributed by atoms with Crippen LogP contribution in [0.4, 0.5) is 0 Å². The van der Waals surface area contributed by atoms with Gasteiger partial charge in [-0.15, -0.1) is 0 Å². The first-order chi connectivity index (χ1) is 25.7. The molecule has 0 saturated carbocycles. The van der Waals surface area contributed by atoms with Crippen LogP contribution in [-0.4, -0.2) is 12.0 Å². The predicted octanol–water partition coefficient (Wildman–Crippen LogP) is 10.9. The molecule has 3 atom stereocenters. The van der Waals surface area contributed by atoms with Crippen LogP contribution in [0.25, 0.3) is 60.0 Å². The highest BCUT2D eigenvalue weighted by atomic mass is 16.3. The quantitative estimate of drug-likeness (QED) is 0.195. The molecule has 0 amide bonds. The summed E-state index contributed by atoms with van der Waals surface area (Å²) >= 11 is 0. The Morgan fingerprint density at radius 3 is 1.98 bits per heavy atom. The first-order valence-electron chi connectivity index (χ1n) is 17.9. The molecule has 11 rings (SSSR count). The predicted molar refractivity (Wildman–Crippen MR) is 211 cm³/mol. The minimum atomic E-state index is -0.327. The molecule has 7 aromatic carbocycles. The first-order valence-corrected chi connectivity index (χ1v) is 17.9. The summed E-state index contributed by atoms with van der Waals surface area (Å²) in [7, 11) is 0. The zero-order chi connectivity index (χ0) is 34.2. The van der Waals surface area contributed by atoms with Crippen LogP contribution in [0, 0.1) is 5.92 Å². The van der Waals surface area contributed by atoms with Crippen LogP contribution in [0.2, 0.25) is 0 Å². The number of furan rings is 2. The Hall–Kier alpha value is -6.43. The first kappa shape index (κ1) is 29.3. The number of amidine groups is 1. The number of aliphatic imine (C=N–C) groups is 1. The molecule has 3 heterocycles. The average molecular weight is 672 g/mol. The molecule has 0 spiro atoms. The van der Waals surface area contributed by atoms with E-state index in [2.05, 4.69) is 150 Å². The van der Waals surface area contributed by atoms with E-state index in [1.54, 1.807) is 0 Å². The normalized spacial score (nSPS) is 18.8. The van der Waals surface area contributed by atoms with Crippen molar-refractivity contribution in [3.8, 4) is 0 Å². The summed E-state index contributed by atoms with van der Waals surface area (Å²) in [6, 6.07) is 53.4. The van der Waals surface area contributed by atoms with Crippen LogP contribution < -0.4 is 10.6 Å². The summed E-state index contributed by atoms with van der Waals surface area (Å²) in [5, 5.41) is 16.0. The molecule has 1 aliphatic carbocycles. The van der Waals surface area contributed by atoms with Gasteiger partial charge in [0.2, 0.25) is 0 Å². The summed E-state index contributed by atoms with van der Waals surface area (Å²) in [5.41, 5.74) is 8.36. The van der Waals surface area contributed by atoms with Crippen LogP contribution >= 0.6 is 0 Å². The maximum Gasteiger partial charge on any atom is 0.135 e. The van der Waals surface area contributed by atoms with Crippen LogP contribution in [0.5, 0.6) is 0 Å². The molecule has 2 N–H and O–H groups in total. The van der Waals surface area contributed by atoms with E-state index in [9.17, 15) is 0 Å². The van der Waals surface area contributed by atoms with E-state index in [4.69, 9.17) is 13.8 Å². The van der Waals surface area contributed by atoms with E-state index in [1.807, 2.05) is 18.2 Å². The smallest absolute Gasteiger partial charge is 0.135 e. The molecule has 1 aliphatic heterocycles. The minimum absolute atomic E-state index is 0.0447. The van der Waals surface area contributed by atoms with Gasteiger partial charge in [-0.2, -0.15) is 0 Å². The van der Waals surface area contributed by atoms with E-state index in [1.165, 1.54) is 38.2 Å². The van der Waals surface area contributed by atoms with Crippen molar-refractivity contribution in [1.29, 1.82) is 0 Å². The number of fused-ring (bicyclic) bond motifs is 8. The van der Waals surface area contributed by atoms with Crippen molar-refractivity contribution in [3.63, 3.8) is 0 Å². The van der Waals surface area contributed by atoms with Gasteiger partial charge in [0.05, 0.1) is 6.17 Å². The lowest BCUT2D eigenvalue weighted by Gasteiger charge is -2.37. The van der Waals surface area contributed by atoms with E-state index in [0.717, 1.165) is 62.1 Å². The van der Waals surface area contributed by atoms with Gasteiger partial charge in [0.1, 0.15) is 34.5 Å². The van der Waals surface area contributed by atoms with E-state index in [0.29, 0.717) is 0 Å². The second kappa shape index (κ2) is 11.6. The summed E-state index contributed by atoms with van der Waals surface area (Å²) in [5.74, 6) is 1.92.